The van der Waals surface area contributed by atoms with Crippen molar-refractivity contribution in [2.75, 3.05) is 13.1 Å². The van der Waals surface area contributed by atoms with E-state index in [1.807, 2.05) is 0 Å². The van der Waals surface area contributed by atoms with Gasteiger partial charge in [0, 0.05) is 24.9 Å². The number of imidazole rings is 1. The number of aromatic amines is 1. The Morgan fingerprint density at radius 1 is 1.41 bits per heavy atom. The molecule has 11 heteroatoms. The smallest absolute Gasteiger partial charge is 0.326 e. The lowest BCUT2D eigenvalue weighted by atomic mass is 10.1. The second kappa shape index (κ2) is 9.12. The molecule has 1 aliphatic rings. The minimum atomic E-state index is -1.20. The summed E-state index contributed by atoms with van der Waals surface area (Å²) in [6, 6.07) is -2.80. The molecule has 1 aliphatic heterocycles. The van der Waals surface area contributed by atoms with Gasteiger partial charge in [-0.15, -0.1) is 0 Å². The molecule has 6 N–H and O–H groups in total. The third-order valence-corrected chi connectivity index (χ3v) is 4.40. The highest BCUT2D eigenvalue weighted by atomic mass is 16.4. The molecular formula is C16H24N6O5. The van der Waals surface area contributed by atoms with Gasteiger partial charge in [-0.05, 0) is 19.8 Å². The van der Waals surface area contributed by atoms with Gasteiger partial charge in [-0.2, -0.15) is 0 Å². The van der Waals surface area contributed by atoms with E-state index in [9.17, 15) is 24.3 Å². The number of carboxylic acid groups (broad SMARTS) is 1. The minimum Gasteiger partial charge on any atom is -0.480 e. The molecule has 1 fully saturated rings. The van der Waals surface area contributed by atoms with Gasteiger partial charge in [-0.1, -0.05) is 0 Å². The summed E-state index contributed by atoms with van der Waals surface area (Å²) >= 11 is 0. The molecule has 148 valence electrons. The lowest BCUT2D eigenvalue weighted by Gasteiger charge is -2.25. The topological polar surface area (TPSA) is 171 Å². The van der Waals surface area contributed by atoms with Crippen LogP contribution in [0.2, 0.25) is 0 Å². The zero-order valence-electron chi connectivity index (χ0n) is 15.0. The first kappa shape index (κ1) is 20.4. The van der Waals surface area contributed by atoms with Crippen LogP contribution in [0.3, 0.4) is 0 Å². The number of carbonyl (C=O) groups excluding carboxylic acids is 3. The van der Waals surface area contributed by atoms with Gasteiger partial charge in [0.1, 0.15) is 18.1 Å². The number of nitrogens with one attached hydrogen (secondary N) is 3. The molecule has 2 heterocycles. The van der Waals surface area contributed by atoms with Crippen molar-refractivity contribution in [3.63, 3.8) is 0 Å². The third kappa shape index (κ3) is 5.26. The van der Waals surface area contributed by atoms with Gasteiger partial charge in [0.2, 0.25) is 17.7 Å². The number of rotatable bonds is 8. The highest BCUT2D eigenvalue weighted by Gasteiger charge is 2.35. The summed E-state index contributed by atoms with van der Waals surface area (Å²) < 4.78 is 0. The van der Waals surface area contributed by atoms with E-state index in [2.05, 4.69) is 20.6 Å². The molecule has 0 radical (unpaired) electrons. The molecule has 3 amide bonds. The normalized spacial score (nSPS) is 18.6. The van der Waals surface area contributed by atoms with E-state index < -0.39 is 35.9 Å². The van der Waals surface area contributed by atoms with Crippen molar-refractivity contribution in [3.8, 4) is 0 Å². The number of aliphatic carboxylic acids is 1. The molecule has 2 rings (SSSR count). The number of H-pyrrole nitrogens is 1. The number of hydrogen-bond acceptors (Lipinski definition) is 6. The van der Waals surface area contributed by atoms with Gasteiger partial charge in [-0.3, -0.25) is 14.4 Å². The Hall–Kier alpha value is -2.95. The lowest BCUT2D eigenvalue weighted by Crippen LogP contribution is -2.55. The van der Waals surface area contributed by atoms with Crippen LogP contribution in [0.4, 0.5) is 0 Å². The van der Waals surface area contributed by atoms with E-state index in [1.54, 1.807) is 0 Å². The maximum atomic E-state index is 12.4. The van der Waals surface area contributed by atoms with Gasteiger partial charge in [0.15, 0.2) is 0 Å². The van der Waals surface area contributed by atoms with E-state index in [1.165, 1.54) is 24.3 Å². The van der Waals surface area contributed by atoms with E-state index in [-0.39, 0.29) is 18.9 Å². The van der Waals surface area contributed by atoms with Gasteiger partial charge in [-0.25, -0.2) is 9.78 Å². The molecule has 0 aromatic carbocycles. The first-order chi connectivity index (χ1) is 12.8. The largest absolute Gasteiger partial charge is 0.480 e. The summed E-state index contributed by atoms with van der Waals surface area (Å²) in [6.45, 7) is 1.71. The Balaban J connectivity index is 1.92. The van der Waals surface area contributed by atoms with Crippen molar-refractivity contribution >= 4 is 23.7 Å². The first-order valence-corrected chi connectivity index (χ1v) is 8.63. The fraction of sp³-hybridized carbons (Fsp3) is 0.562. The van der Waals surface area contributed by atoms with Crippen LogP contribution < -0.4 is 16.4 Å². The molecule has 0 bridgehead atoms. The highest BCUT2D eigenvalue weighted by molar-refractivity contribution is 5.93. The number of carboxylic acids is 1. The summed E-state index contributed by atoms with van der Waals surface area (Å²) in [6.07, 6.45) is 4.08. The van der Waals surface area contributed by atoms with Crippen molar-refractivity contribution in [1.82, 2.24) is 25.5 Å². The summed E-state index contributed by atoms with van der Waals surface area (Å²) in [7, 11) is 0. The summed E-state index contributed by atoms with van der Waals surface area (Å²) in [5.41, 5.74) is 5.91. The number of carbonyl (C=O) groups is 4. The van der Waals surface area contributed by atoms with Crippen LogP contribution in [0, 0.1) is 0 Å². The van der Waals surface area contributed by atoms with E-state index in [0.29, 0.717) is 25.1 Å². The molecule has 11 nitrogen and oxygen atoms in total. The van der Waals surface area contributed by atoms with Crippen LogP contribution in [0.1, 0.15) is 25.5 Å². The van der Waals surface area contributed by atoms with Crippen molar-refractivity contribution in [2.24, 2.45) is 5.73 Å². The predicted molar refractivity (Wildman–Crippen MR) is 93.3 cm³/mol. The van der Waals surface area contributed by atoms with Gasteiger partial charge < -0.3 is 31.4 Å². The Kier molecular flexibility index (Phi) is 6.88. The fourth-order valence-corrected chi connectivity index (χ4v) is 2.94. The average Bonchev–Trinajstić information content (AvgIpc) is 3.31. The van der Waals surface area contributed by atoms with Crippen LogP contribution in [0.5, 0.6) is 0 Å². The van der Waals surface area contributed by atoms with E-state index >= 15 is 0 Å². The molecule has 27 heavy (non-hydrogen) atoms. The zero-order chi connectivity index (χ0) is 20.0. The summed E-state index contributed by atoms with van der Waals surface area (Å²) in [5, 5.41) is 14.2. The summed E-state index contributed by atoms with van der Waals surface area (Å²) in [5.74, 6) is -2.62. The number of likely N-dealkylation sites (tertiary alicyclic amines) is 1. The molecule has 3 unspecified atom stereocenters. The number of hydrogen-bond donors (Lipinski definition) is 5. The SMILES string of the molecule is CC(NC(=O)C1CCCN1C(=O)CN)C(=O)NC(Cc1cnc[nH]1)C(=O)O. The quantitative estimate of drug-likeness (QED) is 0.346. The molecule has 0 aliphatic carbocycles. The van der Waals surface area contributed by atoms with Crippen molar-refractivity contribution in [3.05, 3.63) is 18.2 Å². The number of nitrogens with two attached hydrogens (primary N) is 1. The highest BCUT2D eigenvalue weighted by Crippen LogP contribution is 2.17. The lowest BCUT2D eigenvalue weighted by molar-refractivity contribution is -0.142. The van der Waals surface area contributed by atoms with Crippen molar-refractivity contribution in [2.45, 2.75) is 44.3 Å². The second-order valence-corrected chi connectivity index (χ2v) is 6.36. The van der Waals surface area contributed by atoms with Crippen LogP contribution in [0.15, 0.2) is 12.5 Å². The van der Waals surface area contributed by atoms with Crippen LogP contribution in [0.25, 0.3) is 0 Å². The van der Waals surface area contributed by atoms with Crippen LogP contribution >= 0.6 is 0 Å². The first-order valence-electron chi connectivity index (χ1n) is 8.63. The molecule has 1 saturated heterocycles. The Bertz CT molecular complexity index is 691. The Morgan fingerprint density at radius 3 is 2.74 bits per heavy atom. The molecule has 1 aromatic rings. The molecule has 0 saturated carbocycles. The summed E-state index contributed by atoms with van der Waals surface area (Å²) in [4.78, 5) is 55.8. The maximum absolute atomic E-state index is 12.4. The molecular weight excluding hydrogens is 356 g/mol. The van der Waals surface area contributed by atoms with Crippen molar-refractivity contribution < 1.29 is 24.3 Å². The van der Waals surface area contributed by atoms with Crippen molar-refractivity contribution in [1.29, 1.82) is 0 Å². The number of aromatic nitrogens is 2. The standard InChI is InChI=1S/C16H24N6O5/c1-9(20-15(25)12-3-2-4-22(12)13(23)6-17)14(24)21-11(16(26)27)5-10-7-18-8-19-10/h7-9,11-12H,2-6,17H2,1H3,(H,18,19)(H,20,25)(H,21,24)(H,26,27). The fourth-order valence-electron chi connectivity index (χ4n) is 2.94. The number of amides is 3. The van der Waals surface area contributed by atoms with Gasteiger partial charge in [0.25, 0.3) is 0 Å². The molecule has 0 spiro atoms. The minimum absolute atomic E-state index is 0.0309. The number of nitrogens with zero attached hydrogens (tertiary/aromatic N) is 2. The Morgan fingerprint density at radius 2 is 2.15 bits per heavy atom. The molecule has 1 aromatic heterocycles. The second-order valence-electron chi connectivity index (χ2n) is 6.36. The predicted octanol–water partition coefficient (Wildman–Crippen LogP) is -2.02. The van der Waals surface area contributed by atoms with Gasteiger partial charge in [0.05, 0.1) is 12.9 Å². The third-order valence-electron chi connectivity index (χ3n) is 4.40. The van der Waals surface area contributed by atoms with Gasteiger partial charge >= 0.3 is 5.97 Å². The monoisotopic (exact) mass is 380 g/mol. The average molecular weight is 380 g/mol. The van der Waals surface area contributed by atoms with Crippen LogP contribution in [-0.2, 0) is 25.6 Å². The van der Waals surface area contributed by atoms with E-state index in [4.69, 9.17) is 5.73 Å². The van der Waals surface area contributed by atoms with E-state index in [0.717, 1.165) is 0 Å². The molecule has 3 atom stereocenters. The maximum Gasteiger partial charge on any atom is 0.326 e. The van der Waals surface area contributed by atoms with Crippen LogP contribution in [-0.4, -0.2) is 74.9 Å². The Labute approximate surface area is 155 Å². The zero-order valence-corrected chi connectivity index (χ0v) is 15.0.